The molecule has 2 unspecified atom stereocenters. The summed E-state index contributed by atoms with van der Waals surface area (Å²) in [6.45, 7) is 4.46. The third-order valence-electron chi connectivity index (χ3n) is 6.27. The van der Waals surface area contributed by atoms with E-state index in [0.717, 1.165) is 42.4 Å². The van der Waals surface area contributed by atoms with Crippen LogP contribution in [0.25, 0.3) is 10.9 Å². The third-order valence-corrected chi connectivity index (χ3v) is 6.27. The molecule has 5 heteroatoms. The van der Waals surface area contributed by atoms with Crippen LogP contribution in [0, 0.1) is 12.7 Å². The lowest BCUT2D eigenvalue weighted by Crippen LogP contribution is -2.31. The van der Waals surface area contributed by atoms with Gasteiger partial charge in [0.1, 0.15) is 5.82 Å². The molecule has 1 fully saturated rings. The van der Waals surface area contributed by atoms with Crippen molar-refractivity contribution in [2.75, 3.05) is 13.1 Å². The summed E-state index contributed by atoms with van der Waals surface area (Å²) in [5.41, 5.74) is 5.06. The molecule has 3 aromatic rings. The molecule has 140 valence electrons. The van der Waals surface area contributed by atoms with Gasteiger partial charge >= 0.3 is 0 Å². The van der Waals surface area contributed by atoms with E-state index in [2.05, 4.69) is 14.5 Å². The summed E-state index contributed by atoms with van der Waals surface area (Å²) in [4.78, 5) is 6.59. The Morgan fingerprint density at radius 3 is 2.89 bits per heavy atom. The molecule has 4 nitrogen and oxygen atoms in total. The highest BCUT2D eigenvalue weighted by Crippen LogP contribution is 2.43. The molecule has 1 saturated heterocycles. The topological polar surface area (TPSA) is 41.3 Å². The molecule has 27 heavy (non-hydrogen) atoms. The zero-order valence-corrected chi connectivity index (χ0v) is 15.5. The molecular formula is C22H24FN3O. The maximum absolute atomic E-state index is 14.4. The van der Waals surface area contributed by atoms with Gasteiger partial charge in [0.2, 0.25) is 0 Å². The molecule has 1 aromatic carbocycles. The number of aliphatic hydroxyl groups is 1. The fourth-order valence-electron chi connectivity index (χ4n) is 4.94. The molecule has 0 spiro atoms. The predicted octanol–water partition coefficient (Wildman–Crippen LogP) is 3.91. The van der Waals surface area contributed by atoms with Crippen LogP contribution in [0.3, 0.4) is 0 Å². The number of fused-ring (bicyclic) bond motifs is 5. The molecule has 0 radical (unpaired) electrons. The van der Waals surface area contributed by atoms with E-state index in [0.29, 0.717) is 18.2 Å². The standard InChI is InChI=1S/C22H24FN3O/c1-14-11-16-20(12-17(14)23)26(13-21(27)15-4-7-24-8-5-15)19-6-10-25-9-2-3-18(25)22(16)19/h4-5,7-8,11-12,18,21,27H,2-3,6,9-10,13H2,1H3. The van der Waals surface area contributed by atoms with Gasteiger partial charge in [-0.25, -0.2) is 4.39 Å². The summed E-state index contributed by atoms with van der Waals surface area (Å²) in [5.74, 6) is -0.180. The molecule has 2 aliphatic rings. The zero-order valence-electron chi connectivity index (χ0n) is 15.5. The van der Waals surface area contributed by atoms with Crippen molar-refractivity contribution in [2.45, 2.75) is 44.9 Å². The second-order valence-corrected chi connectivity index (χ2v) is 7.83. The zero-order chi connectivity index (χ0) is 18.5. The fourth-order valence-corrected chi connectivity index (χ4v) is 4.94. The highest BCUT2D eigenvalue weighted by atomic mass is 19.1. The highest BCUT2D eigenvalue weighted by Gasteiger charge is 2.35. The first-order valence-electron chi connectivity index (χ1n) is 9.76. The van der Waals surface area contributed by atoms with E-state index < -0.39 is 6.10 Å². The quantitative estimate of drug-likeness (QED) is 0.765. The van der Waals surface area contributed by atoms with E-state index in [4.69, 9.17) is 0 Å². The number of aromatic nitrogens is 2. The van der Waals surface area contributed by atoms with Gasteiger partial charge in [0.25, 0.3) is 0 Å². The number of hydrogen-bond acceptors (Lipinski definition) is 3. The minimum Gasteiger partial charge on any atom is -0.387 e. The minimum atomic E-state index is -0.640. The van der Waals surface area contributed by atoms with E-state index >= 15 is 0 Å². The number of aryl methyl sites for hydroxylation is 1. The molecule has 0 saturated carbocycles. The normalized spacial score (nSPS) is 20.6. The Balaban J connectivity index is 1.66. The van der Waals surface area contributed by atoms with Gasteiger partial charge in [-0.05, 0) is 67.3 Å². The second-order valence-electron chi connectivity index (χ2n) is 7.83. The van der Waals surface area contributed by atoms with Gasteiger partial charge in [-0.2, -0.15) is 0 Å². The summed E-state index contributed by atoms with van der Waals surface area (Å²) < 4.78 is 16.6. The van der Waals surface area contributed by atoms with Crippen LogP contribution in [0.2, 0.25) is 0 Å². The summed E-state index contributed by atoms with van der Waals surface area (Å²) in [7, 11) is 0. The van der Waals surface area contributed by atoms with E-state index in [-0.39, 0.29) is 5.82 Å². The van der Waals surface area contributed by atoms with Crippen molar-refractivity contribution in [2.24, 2.45) is 0 Å². The Kier molecular flexibility index (Phi) is 4.02. The van der Waals surface area contributed by atoms with Crippen molar-refractivity contribution < 1.29 is 9.50 Å². The van der Waals surface area contributed by atoms with Crippen LogP contribution in [-0.4, -0.2) is 32.6 Å². The number of aliphatic hydroxyl groups excluding tert-OH is 1. The van der Waals surface area contributed by atoms with Crippen LogP contribution >= 0.6 is 0 Å². The first-order chi connectivity index (χ1) is 13.1. The Labute approximate surface area is 158 Å². The van der Waals surface area contributed by atoms with Crippen molar-refractivity contribution in [3.05, 3.63) is 64.9 Å². The van der Waals surface area contributed by atoms with E-state index in [1.54, 1.807) is 18.5 Å². The van der Waals surface area contributed by atoms with Crippen LogP contribution in [0.4, 0.5) is 4.39 Å². The summed E-state index contributed by atoms with van der Waals surface area (Å²) in [6, 6.07) is 7.76. The van der Waals surface area contributed by atoms with Gasteiger partial charge in [-0.1, -0.05) is 0 Å². The van der Waals surface area contributed by atoms with Gasteiger partial charge in [0, 0.05) is 42.5 Å². The average molecular weight is 365 g/mol. The molecular weight excluding hydrogens is 341 g/mol. The Bertz CT molecular complexity index is 998. The van der Waals surface area contributed by atoms with Gasteiger partial charge in [-0.15, -0.1) is 0 Å². The van der Waals surface area contributed by atoms with Gasteiger partial charge in [-0.3, -0.25) is 9.88 Å². The lowest BCUT2D eigenvalue weighted by Gasteiger charge is -2.31. The van der Waals surface area contributed by atoms with Crippen molar-refractivity contribution in [1.82, 2.24) is 14.5 Å². The number of nitrogens with zero attached hydrogens (tertiary/aromatic N) is 3. The fraction of sp³-hybridized carbons (Fsp3) is 0.409. The summed E-state index contributed by atoms with van der Waals surface area (Å²) in [5, 5.41) is 12.0. The highest BCUT2D eigenvalue weighted by molar-refractivity contribution is 5.87. The number of benzene rings is 1. The Hall–Kier alpha value is -2.24. The summed E-state index contributed by atoms with van der Waals surface area (Å²) in [6.07, 6.45) is 6.08. The molecule has 2 aromatic heterocycles. The summed E-state index contributed by atoms with van der Waals surface area (Å²) >= 11 is 0. The number of pyridine rings is 1. The predicted molar refractivity (Wildman–Crippen MR) is 103 cm³/mol. The van der Waals surface area contributed by atoms with Crippen LogP contribution in [0.1, 0.15) is 47.4 Å². The van der Waals surface area contributed by atoms with Gasteiger partial charge in [0.05, 0.1) is 18.2 Å². The number of rotatable bonds is 3. The first kappa shape index (κ1) is 16.9. The number of hydrogen-bond donors (Lipinski definition) is 1. The maximum Gasteiger partial charge on any atom is 0.128 e. The first-order valence-corrected chi connectivity index (χ1v) is 9.76. The molecule has 2 atom stereocenters. The van der Waals surface area contributed by atoms with Crippen molar-refractivity contribution in [3.63, 3.8) is 0 Å². The molecule has 4 heterocycles. The van der Waals surface area contributed by atoms with Gasteiger partial charge < -0.3 is 9.67 Å². The number of halogens is 1. The van der Waals surface area contributed by atoms with E-state index in [1.165, 1.54) is 17.7 Å². The second kappa shape index (κ2) is 6.43. The Morgan fingerprint density at radius 2 is 2.07 bits per heavy atom. The SMILES string of the molecule is Cc1cc2c3c(n(CC(O)c4ccncc4)c2cc1F)CCN1CCCC31. The minimum absolute atomic E-state index is 0.180. The molecule has 0 bridgehead atoms. The van der Waals surface area contributed by atoms with Crippen molar-refractivity contribution in [1.29, 1.82) is 0 Å². The molecule has 2 aliphatic heterocycles. The van der Waals surface area contributed by atoms with Gasteiger partial charge in [0.15, 0.2) is 0 Å². The molecule has 5 rings (SSSR count). The van der Waals surface area contributed by atoms with E-state index in [9.17, 15) is 9.50 Å². The smallest absolute Gasteiger partial charge is 0.128 e. The average Bonchev–Trinajstić information content (AvgIpc) is 3.26. The molecule has 1 N–H and O–H groups in total. The third kappa shape index (κ3) is 2.68. The lowest BCUT2D eigenvalue weighted by atomic mass is 9.95. The Morgan fingerprint density at radius 1 is 1.26 bits per heavy atom. The van der Waals surface area contributed by atoms with Crippen LogP contribution in [0.5, 0.6) is 0 Å². The molecule has 0 aliphatic carbocycles. The molecule has 0 amide bonds. The maximum atomic E-state index is 14.4. The largest absolute Gasteiger partial charge is 0.387 e. The lowest BCUT2D eigenvalue weighted by molar-refractivity contribution is 0.155. The monoisotopic (exact) mass is 365 g/mol. The van der Waals surface area contributed by atoms with Crippen LogP contribution in [-0.2, 0) is 13.0 Å². The van der Waals surface area contributed by atoms with Crippen molar-refractivity contribution in [3.8, 4) is 0 Å². The van der Waals surface area contributed by atoms with Crippen molar-refractivity contribution >= 4 is 10.9 Å². The van der Waals surface area contributed by atoms with Crippen LogP contribution < -0.4 is 0 Å². The van der Waals surface area contributed by atoms with Crippen LogP contribution in [0.15, 0.2) is 36.7 Å². The van der Waals surface area contributed by atoms with E-state index in [1.807, 2.05) is 25.1 Å².